The van der Waals surface area contributed by atoms with Gasteiger partial charge in [0.2, 0.25) is 0 Å². The van der Waals surface area contributed by atoms with Crippen LogP contribution in [0.25, 0.3) is 0 Å². The summed E-state index contributed by atoms with van der Waals surface area (Å²) in [5.74, 6) is 9.49. The summed E-state index contributed by atoms with van der Waals surface area (Å²) < 4.78 is 10.2. The number of ether oxygens (including phenoxy) is 2. The van der Waals surface area contributed by atoms with Gasteiger partial charge in [0.1, 0.15) is 11.5 Å². The Balaban J connectivity index is 2.59. The molecule has 0 radical (unpaired) electrons. The summed E-state index contributed by atoms with van der Waals surface area (Å²) in [6.07, 6.45) is 0. The summed E-state index contributed by atoms with van der Waals surface area (Å²) in [5, 5.41) is 0.232. The second kappa shape index (κ2) is 7.41. The van der Waals surface area contributed by atoms with Crippen LogP contribution in [-0.2, 0) is 9.59 Å². The molecule has 9 heteroatoms. The highest BCUT2D eigenvalue weighted by Crippen LogP contribution is 2.28. The van der Waals surface area contributed by atoms with E-state index >= 15 is 0 Å². The highest BCUT2D eigenvalue weighted by Gasteiger charge is 2.07. The zero-order valence-corrected chi connectivity index (χ0v) is 10.6. The van der Waals surface area contributed by atoms with Crippen LogP contribution in [0.5, 0.6) is 11.5 Å². The van der Waals surface area contributed by atoms with Gasteiger partial charge in [0.25, 0.3) is 11.8 Å². The molecule has 0 spiro atoms. The summed E-state index contributed by atoms with van der Waals surface area (Å²) in [6.45, 7) is -0.491. The van der Waals surface area contributed by atoms with Crippen molar-refractivity contribution in [2.24, 2.45) is 11.7 Å². The van der Waals surface area contributed by atoms with Crippen molar-refractivity contribution in [2.75, 3.05) is 13.2 Å². The van der Waals surface area contributed by atoms with Crippen LogP contribution in [0.2, 0.25) is 5.02 Å². The van der Waals surface area contributed by atoms with Crippen molar-refractivity contribution in [1.29, 1.82) is 0 Å². The topological polar surface area (TPSA) is 129 Å². The predicted octanol–water partition coefficient (Wildman–Crippen LogP) is -0.923. The Kier molecular flexibility index (Phi) is 5.86. The van der Waals surface area contributed by atoms with Crippen LogP contribution in [0.15, 0.2) is 18.2 Å². The third-order valence-electron chi connectivity index (χ3n) is 1.95. The minimum Gasteiger partial charge on any atom is -0.484 e. The fraction of sp³-hybridized carbons (Fsp3) is 0.200. The maximum absolute atomic E-state index is 10.9. The molecule has 0 heterocycles. The van der Waals surface area contributed by atoms with E-state index in [0.717, 1.165) is 0 Å². The molecule has 6 N–H and O–H groups in total. The molecule has 0 aliphatic rings. The van der Waals surface area contributed by atoms with E-state index in [1.165, 1.54) is 18.2 Å². The normalized spacial score (nSPS) is 9.63. The van der Waals surface area contributed by atoms with E-state index in [0.29, 0.717) is 11.5 Å². The number of rotatable bonds is 6. The van der Waals surface area contributed by atoms with Crippen molar-refractivity contribution in [3.63, 3.8) is 0 Å². The first-order valence-electron chi connectivity index (χ1n) is 5.11. The van der Waals surface area contributed by atoms with Crippen LogP contribution >= 0.6 is 11.6 Å². The first-order valence-corrected chi connectivity index (χ1v) is 5.48. The Labute approximate surface area is 113 Å². The van der Waals surface area contributed by atoms with Gasteiger partial charge in [-0.25, -0.2) is 11.7 Å². The molecule has 1 aromatic rings. The van der Waals surface area contributed by atoms with Crippen LogP contribution < -0.4 is 32.0 Å². The van der Waals surface area contributed by atoms with Crippen molar-refractivity contribution in [1.82, 2.24) is 10.9 Å². The molecule has 0 bridgehead atoms. The molecule has 0 unspecified atom stereocenters. The Hall–Kier alpha value is -2.03. The van der Waals surface area contributed by atoms with Crippen LogP contribution in [0.3, 0.4) is 0 Å². The van der Waals surface area contributed by atoms with Gasteiger partial charge in [-0.05, 0) is 12.1 Å². The number of hydrogen-bond acceptors (Lipinski definition) is 6. The van der Waals surface area contributed by atoms with E-state index in [4.69, 9.17) is 32.8 Å². The Morgan fingerprint density at radius 1 is 1.11 bits per heavy atom. The summed E-state index contributed by atoms with van der Waals surface area (Å²) in [7, 11) is 0. The van der Waals surface area contributed by atoms with Gasteiger partial charge >= 0.3 is 0 Å². The van der Waals surface area contributed by atoms with Gasteiger partial charge < -0.3 is 9.47 Å². The number of benzene rings is 1. The molecule has 2 amide bonds. The highest BCUT2D eigenvalue weighted by atomic mass is 35.5. The van der Waals surface area contributed by atoms with Crippen LogP contribution in [0.1, 0.15) is 0 Å². The second-order valence-corrected chi connectivity index (χ2v) is 3.71. The lowest BCUT2D eigenvalue weighted by Gasteiger charge is -2.09. The van der Waals surface area contributed by atoms with Crippen molar-refractivity contribution < 1.29 is 19.1 Å². The SMILES string of the molecule is NNC(=O)COc1ccc(OCC(=O)NN)c(Cl)c1. The van der Waals surface area contributed by atoms with Gasteiger partial charge in [-0.3, -0.25) is 20.4 Å². The largest absolute Gasteiger partial charge is 0.484 e. The summed E-state index contributed by atoms with van der Waals surface area (Å²) in [6, 6.07) is 4.48. The molecule has 104 valence electrons. The van der Waals surface area contributed by atoms with Crippen molar-refractivity contribution in [3.8, 4) is 11.5 Å². The molecule has 19 heavy (non-hydrogen) atoms. The molecule has 0 aliphatic carbocycles. The fourth-order valence-electron chi connectivity index (χ4n) is 1.06. The average Bonchev–Trinajstić information content (AvgIpc) is 2.43. The van der Waals surface area contributed by atoms with Crippen LogP contribution in [0, 0.1) is 0 Å². The molecule has 1 rings (SSSR count). The lowest BCUT2D eigenvalue weighted by molar-refractivity contribution is -0.123. The summed E-state index contributed by atoms with van der Waals surface area (Å²) in [5.41, 5.74) is 3.84. The number of amides is 2. The van der Waals surface area contributed by atoms with Gasteiger partial charge in [-0.2, -0.15) is 0 Å². The zero-order chi connectivity index (χ0) is 14.3. The average molecular weight is 289 g/mol. The molecule has 0 saturated carbocycles. The lowest BCUT2D eigenvalue weighted by atomic mass is 10.3. The molecule has 1 aromatic carbocycles. The number of hydrogen-bond donors (Lipinski definition) is 4. The zero-order valence-electron chi connectivity index (χ0n) is 9.81. The first kappa shape index (κ1) is 15.0. The Bertz CT molecular complexity index is 469. The highest BCUT2D eigenvalue weighted by molar-refractivity contribution is 6.32. The minimum absolute atomic E-state index is 0.232. The van der Waals surface area contributed by atoms with Crippen LogP contribution in [0.4, 0.5) is 0 Å². The van der Waals surface area contributed by atoms with Gasteiger partial charge in [0, 0.05) is 6.07 Å². The van der Waals surface area contributed by atoms with Crippen molar-refractivity contribution in [2.45, 2.75) is 0 Å². The fourth-order valence-corrected chi connectivity index (χ4v) is 1.29. The van der Waals surface area contributed by atoms with Gasteiger partial charge in [0.05, 0.1) is 5.02 Å². The molecule has 0 saturated heterocycles. The number of hydrazine groups is 2. The quantitative estimate of drug-likeness (QED) is 0.304. The predicted molar refractivity (Wildman–Crippen MR) is 67.1 cm³/mol. The van der Waals surface area contributed by atoms with Crippen molar-refractivity contribution >= 4 is 23.4 Å². The van der Waals surface area contributed by atoms with Gasteiger partial charge in [-0.1, -0.05) is 11.6 Å². The molecule has 0 atom stereocenters. The van der Waals surface area contributed by atoms with E-state index in [1.807, 2.05) is 10.9 Å². The van der Waals surface area contributed by atoms with E-state index in [1.54, 1.807) is 0 Å². The van der Waals surface area contributed by atoms with E-state index in [9.17, 15) is 9.59 Å². The Morgan fingerprint density at radius 3 is 2.21 bits per heavy atom. The number of carbonyl (C=O) groups is 2. The van der Waals surface area contributed by atoms with Crippen molar-refractivity contribution in [3.05, 3.63) is 23.2 Å². The lowest BCUT2D eigenvalue weighted by Crippen LogP contribution is -2.34. The van der Waals surface area contributed by atoms with E-state index < -0.39 is 11.8 Å². The monoisotopic (exact) mass is 288 g/mol. The van der Waals surface area contributed by atoms with Crippen LogP contribution in [-0.4, -0.2) is 25.0 Å². The number of carbonyl (C=O) groups excluding carboxylic acids is 2. The second-order valence-electron chi connectivity index (χ2n) is 3.30. The molecule has 0 aliphatic heterocycles. The summed E-state index contributed by atoms with van der Waals surface area (Å²) >= 11 is 5.91. The number of nitrogens with two attached hydrogens (primary N) is 2. The standard InChI is InChI=1S/C10H13ClN4O4/c11-7-3-6(18-4-9(16)14-12)1-2-8(7)19-5-10(17)15-13/h1-3H,4-5,12-13H2,(H,14,16)(H,15,17). The van der Waals surface area contributed by atoms with E-state index in [-0.39, 0.29) is 18.2 Å². The third kappa shape index (κ3) is 5.00. The smallest absolute Gasteiger partial charge is 0.271 e. The number of nitrogens with one attached hydrogen (secondary N) is 2. The Morgan fingerprint density at radius 2 is 1.68 bits per heavy atom. The minimum atomic E-state index is -0.490. The molecule has 0 fully saturated rings. The molecule has 0 aromatic heterocycles. The summed E-state index contributed by atoms with van der Waals surface area (Å²) in [4.78, 5) is 21.8. The van der Waals surface area contributed by atoms with Gasteiger partial charge in [-0.15, -0.1) is 0 Å². The van der Waals surface area contributed by atoms with Gasteiger partial charge in [0.15, 0.2) is 13.2 Å². The molecule has 8 nitrogen and oxygen atoms in total. The van der Waals surface area contributed by atoms with E-state index in [2.05, 4.69) is 0 Å². The number of halogens is 1. The molecular weight excluding hydrogens is 276 g/mol. The first-order chi connectivity index (χ1) is 9.06. The maximum atomic E-state index is 10.9. The maximum Gasteiger partial charge on any atom is 0.271 e. The third-order valence-corrected chi connectivity index (χ3v) is 2.25. The molecular formula is C10H13ClN4O4.